The van der Waals surface area contributed by atoms with Crippen LogP contribution >= 0.6 is 0 Å². The molecule has 148 valence electrons. The zero-order valence-electron chi connectivity index (χ0n) is 16.2. The third-order valence-corrected chi connectivity index (χ3v) is 4.92. The summed E-state index contributed by atoms with van der Waals surface area (Å²) in [4.78, 5) is 28.3. The number of para-hydroxylation sites is 2. The van der Waals surface area contributed by atoms with Gasteiger partial charge in [-0.2, -0.15) is 0 Å². The van der Waals surface area contributed by atoms with Crippen molar-refractivity contribution >= 4 is 17.5 Å². The number of nitrogens with two attached hydrogens (primary N) is 1. The predicted molar refractivity (Wildman–Crippen MR) is 109 cm³/mol. The van der Waals surface area contributed by atoms with E-state index >= 15 is 0 Å². The maximum atomic E-state index is 13.1. The summed E-state index contributed by atoms with van der Waals surface area (Å²) in [7, 11) is 1.66. The van der Waals surface area contributed by atoms with Crippen molar-refractivity contribution in [3.05, 3.63) is 60.2 Å². The molecule has 3 rings (SSSR count). The fourth-order valence-electron chi connectivity index (χ4n) is 3.29. The largest absolute Gasteiger partial charge is 0.496 e. The Hall–Kier alpha value is -2.86. The lowest BCUT2D eigenvalue weighted by atomic mass is 10.2. The van der Waals surface area contributed by atoms with E-state index in [1.54, 1.807) is 12.0 Å². The molecule has 0 aliphatic heterocycles. The molecule has 0 radical (unpaired) electrons. The van der Waals surface area contributed by atoms with Crippen LogP contribution in [0.25, 0.3) is 0 Å². The molecule has 6 heteroatoms. The number of hydrogen-bond donors (Lipinski definition) is 1. The van der Waals surface area contributed by atoms with Crippen LogP contribution in [0, 0.1) is 0 Å². The summed E-state index contributed by atoms with van der Waals surface area (Å²) in [5.41, 5.74) is 7.15. The first-order valence-corrected chi connectivity index (χ1v) is 9.58. The third-order valence-electron chi connectivity index (χ3n) is 4.92. The van der Waals surface area contributed by atoms with Crippen LogP contribution in [0.5, 0.6) is 5.75 Å². The molecule has 1 fully saturated rings. The zero-order valence-corrected chi connectivity index (χ0v) is 16.2. The van der Waals surface area contributed by atoms with E-state index in [-0.39, 0.29) is 25.4 Å². The number of amides is 2. The van der Waals surface area contributed by atoms with Gasteiger partial charge in [-0.1, -0.05) is 36.4 Å². The standard InChI is InChI=1S/C22H27N3O3/c1-28-20-10-6-5-7-17(20)15-24(18-11-12-18)16-22(27)25(14-13-21(23)26)19-8-3-2-4-9-19/h2-10,18H,11-16H2,1H3,(H2,23,26). The van der Waals surface area contributed by atoms with Gasteiger partial charge < -0.3 is 15.4 Å². The molecule has 0 bridgehead atoms. The second-order valence-corrected chi connectivity index (χ2v) is 7.05. The highest BCUT2D eigenvalue weighted by Gasteiger charge is 2.32. The van der Waals surface area contributed by atoms with E-state index in [2.05, 4.69) is 4.90 Å². The highest BCUT2D eigenvalue weighted by molar-refractivity contribution is 5.95. The first-order chi connectivity index (χ1) is 13.6. The molecule has 0 heterocycles. The fraction of sp³-hybridized carbons (Fsp3) is 0.364. The lowest BCUT2D eigenvalue weighted by molar-refractivity contribution is -0.120. The molecular formula is C22H27N3O3. The average Bonchev–Trinajstić information content (AvgIpc) is 3.54. The van der Waals surface area contributed by atoms with Crippen LogP contribution in [0.4, 0.5) is 5.69 Å². The molecular weight excluding hydrogens is 354 g/mol. The van der Waals surface area contributed by atoms with E-state index in [1.807, 2.05) is 54.6 Å². The highest BCUT2D eigenvalue weighted by Crippen LogP contribution is 2.30. The van der Waals surface area contributed by atoms with E-state index in [4.69, 9.17) is 10.5 Å². The van der Waals surface area contributed by atoms with Gasteiger partial charge in [0.05, 0.1) is 13.7 Å². The molecule has 1 aliphatic carbocycles. The summed E-state index contributed by atoms with van der Waals surface area (Å²) in [6.45, 7) is 1.22. The van der Waals surface area contributed by atoms with Crippen LogP contribution in [-0.2, 0) is 16.1 Å². The zero-order chi connectivity index (χ0) is 19.9. The summed E-state index contributed by atoms with van der Waals surface area (Å²) >= 11 is 0. The number of ether oxygens (including phenoxy) is 1. The number of rotatable bonds is 10. The molecule has 1 aliphatic rings. The Morgan fingerprint density at radius 2 is 1.75 bits per heavy atom. The SMILES string of the molecule is COc1ccccc1CN(CC(=O)N(CCC(N)=O)c1ccccc1)C1CC1. The van der Waals surface area contributed by atoms with E-state index < -0.39 is 5.91 Å². The lowest BCUT2D eigenvalue weighted by Gasteiger charge is -2.28. The van der Waals surface area contributed by atoms with Crippen molar-refractivity contribution in [1.29, 1.82) is 0 Å². The summed E-state index contributed by atoms with van der Waals surface area (Å²) in [5.74, 6) is 0.380. The van der Waals surface area contributed by atoms with Gasteiger partial charge in [0.25, 0.3) is 0 Å². The van der Waals surface area contributed by atoms with Crippen LogP contribution in [0.15, 0.2) is 54.6 Å². The van der Waals surface area contributed by atoms with Crippen molar-refractivity contribution in [3.63, 3.8) is 0 Å². The summed E-state index contributed by atoms with van der Waals surface area (Å²) in [6, 6.07) is 17.7. The Balaban J connectivity index is 1.74. The van der Waals surface area contributed by atoms with Crippen molar-refractivity contribution in [2.45, 2.75) is 31.8 Å². The van der Waals surface area contributed by atoms with Gasteiger partial charge in [-0.15, -0.1) is 0 Å². The first-order valence-electron chi connectivity index (χ1n) is 9.58. The molecule has 0 aromatic heterocycles. The molecule has 28 heavy (non-hydrogen) atoms. The number of benzene rings is 2. The molecule has 1 saturated carbocycles. The molecule has 2 aromatic carbocycles. The number of hydrogen-bond acceptors (Lipinski definition) is 4. The maximum absolute atomic E-state index is 13.1. The molecule has 0 unspecified atom stereocenters. The van der Waals surface area contributed by atoms with E-state index in [0.717, 1.165) is 29.8 Å². The Bertz CT molecular complexity index is 806. The fourth-order valence-corrected chi connectivity index (χ4v) is 3.29. The summed E-state index contributed by atoms with van der Waals surface area (Å²) in [5, 5.41) is 0. The van der Waals surface area contributed by atoms with E-state index in [0.29, 0.717) is 12.6 Å². The van der Waals surface area contributed by atoms with Crippen molar-refractivity contribution in [3.8, 4) is 5.75 Å². The molecule has 0 atom stereocenters. The van der Waals surface area contributed by atoms with Gasteiger partial charge in [0.2, 0.25) is 11.8 Å². The number of carbonyl (C=O) groups excluding carboxylic acids is 2. The minimum Gasteiger partial charge on any atom is -0.496 e. The monoisotopic (exact) mass is 381 g/mol. The average molecular weight is 381 g/mol. The summed E-state index contributed by atoms with van der Waals surface area (Å²) < 4.78 is 5.46. The van der Waals surface area contributed by atoms with Crippen molar-refractivity contribution in [2.24, 2.45) is 5.73 Å². The molecule has 0 saturated heterocycles. The topological polar surface area (TPSA) is 75.9 Å². The van der Waals surface area contributed by atoms with Gasteiger partial charge in [0.1, 0.15) is 5.75 Å². The first kappa shape index (κ1) is 19.9. The lowest BCUT2D eigenvalue weighted by Crippen LogP contribution is -2.42. The van der Waals surface area contributed by atoms with Gasteiger partial charge in [-0.25, -0.2) is 0 Å². The highest BCUT2D eigenvalue weighted by atomic mass is 16.5. The van der Waals surface area contributed by atoms with Gasteiger partial charge in [-0.3, -0.25) is 14.5 Å². The van der Waals surface area contributed by atoms with Crippen LogP contribution in [0.2, 0.25) is 0 Å². The number of carbonyl (C=O) groups is 2. The minimum atomic E-state index is -0.415. The molecule has 6 nitrogen and oxygen atoms in total. The van der Waals surface area contributed by atoms with Gasteiger partial charge in [0, 0.05) is 36.8 Å². The van der Waals surface area contributed by atoms with Crippen LogP contribution < -0.4 is 15.4 Å². The van der Waals surface area contributed by atoms with Crippen molar-refractivity contribution in [1.82, 2.24) is 4.90 Å². The maximum Gasteiger partial charge on any atom is 0.241 e. The third kappa shape index (κ3) is 5.33. The van der Waals surface area contributed by atoms with Crippen LogP contribution in [-0.4, -0.2) is 43.0 Å². The Labute approximate surface area is 165 Å². The van der Waals surface area contributed by atoms with Crippen molar-refractivity contribution < 1.29 is 14.3 Å². The number of anilines is 1. The Kier molecular flexibility index (Phi) is 6.66. The molecule has 2 aromatic rings. The van der Waals surface area contributed by atoms with Crippen LogP contribution in [0.3, 0.4) is 0 Å². The van der Waals surface area contributed by atoms with Crippen LogP contribution in [0.1, 0.15) is 24.8 Å². The van der Waals surface area contributed by atoms with Gasteiger partial charge >= 0.3 is 0 Å². The van der Waals surface area contributed by atoms with E-state index in [9.17, 15) is 9.59 Å². The molecule has 2 N–H and O–H groups in total. The van der Waals surface area contributed by atoms with Crippen molar-refractivity contribution in [2.75, 3.05) is 25.1 Å². The number of primary amides is 1. The van der Waals surface area contributed by atoms with Gasteiger partial charge in [-0.05, 0) is 31.0 Å². The van der Waals surface area contributed by atoms with E-state index in [1.165, 1.54) is 0 Å². The summed E-state index contributed by atoms with van der Waals surface area (Å²) in [6.07, 6.45) is 2.32. The second-order valence-electron chi connectivity index (χ2n) is 7.05. The molecule has 2 amide bonds. The Morgan fingerprint density at radius 1 is 1.07 bits per heavy atom. The smallest absolute Gasteiger partial charge is 0.241 e. The molecule has 0 spiro atoms. The minimum absolute atomic E-state index is 0.0331. The van der Waals surface area contributed by atoms with Gasteiger partial charge in [0.15, 0.2) is 0 Å². The normalized spacial score (nSPS) is 13.4. The number of methoxy groups -OCH3 is 1. The quantitative estimate of drug-likeness (QED) is 0.686. The second kappa shape index (κ2) is 9.37. The number of nitrogens with zero attached hydrogens (tertiary/aromatic N) is 2. The Morgan fingerprint density at radius 3 is 2.39 bits per heavy atom. The predicted octanol–water partition coefficient (Wildman–Crippen LogP) is 2.57.